The molecule has 0 saturated carbocycles. The Balaban J connectivity index is 2.31. The number of aromatic amines is 1. The van der Waals surface area contributed by atoms with Crippen molar-refractivity contribution in [2.45, 2.75) is 32.8 Å². The molecule has 1 aliphatic heterocycles. The number of imidazole rings is 1. The first kappa shape index (κ1) is 11.5. The van der Waals surface area contributed by atoms with Gasteiger partial charge in [-0.25, -0.2) is 0 Å². The fraction of sp³-hybridized carbons (Fsp3) is 0.357. The highest BCUT2D eigenvalue weighted by Crippen LogP contribution is 2.36. The zero-order valence-electron chi connectivity index (χ0n) is 10.8. The van der Waals surface area contributed by atoms with Gasteiger partial charge in [-0.1, -0.05) is 39.0 Å². The van der Waals surface area contributed by atoms with E-state index in [0.717, 1.165) is 17.3 Å². The monoisotopic (exact) mass is 260 g/mol. The Morgan fingerprint density at radius 3 is 2.72 bits per heavy atom. The molecule has 0 radical (unpaired) electrons. The second-order valence-corrected chi connectivity index (χ2v) is 6.00. The molecule has 1 aromatic carbocycles. The SMILES string of the molecule is CC(C)(C)c1[nH]c(=S)n2c1OCc1ccccc1-2. The molecule has 0 aliphatic carbocycles. The van der Waals surface area contributed by atoms with E-state index in [9.17, 15) is 0 Å². The van der Waals surface area contributed by atoms with Gasteiger partial charge < -0.3 is 9.72 Å². The quantitative estimate of drug-likeness (QED) is 0.732. The van der Waals surface area contributed by atoms with Crippen molar-refractivity contribution in [2.75, 3.05) is 0 Å². The third kappa shape index (κ3) is 1.60. The van der Waals surface area contributed by atoms with Crippen molar-refractivity contribution in [3.8, 4) is 11.6 Å². The first-order valence-corrected chi connectivity index (χ1v) is 6.46. The molecule has 1 aliphatic rings. The second-order valence-electron chi connectivity index (χ2n) is 5.61. The van der Waals surface area contributed by atoms with E-state index < -0.39 is 0 Å². The first-order valence-electron chi connectivity index (χ1n) is 6.05. The van der Waals surface area contributed by atoms with Gasteiger partial charge in [0.15, 0.2) is 4.77 Å². The lowest BCUT2D eigenvalue weighted by atomic mass is 9.92. The van der Waals surface area contributed by atoms with Gasteiger partial charge in [-0.3, -0.25) is 4.57 Å². The Bertz CT molecular complexity index is 661. The van der Waals surface area contributed by atoms with Crippen LogP contribution in [0.25, 0.3) is 5.69 Å². The number of rotatable bonds is 0. The number of aromatic nitrogens is 2. The summed E-state index contributed by atoms with van der Waals surface area (Å²) >= 11 is 5.43. The third-order valence-corrected chi connectivity index (χ3v) is 3.48. The predicted molar refractivity (Wildman–Crippen MR) is 74.0 cm³/mol. The number of H-pyrrole nitrogens is 1. The zero-order chi connectivity index (χ0) is 12.9. The number of benzene rings is 1. The van der Waals surface area contributed by atoms with Crippen LogP contribution in [-0.4, -0.2) is 9.55 Å². The number of ether oxygens (including phenoxy) is 1. The van der Waals surface area contributed by atoms with E-state index in [0.29, 0.717) is 11.4 Å². The number of para-hydroxylation sites is 1. The zero-order valence-corrected chi connectivity index (χ0v) is 11.6. The summed E-state index contributed by atoms with van der Waals surface area (Å²) in [6, 6.07) is 8.20. The number of hydrogen-bond donors (Lipinski definition) is 1. The minimum Gasteiger partial charge on any atom is -0.472 e. The molecule has 0 amide bonds. The highest BCUT2D eigenvalue weighted by molar-refractivity contribution is 7.71. The normalized spacial score (nSPS) is 13.7. The van der Waals surface area contributed by atoms with Gasteiger partial charge in [0.2, 0.25) is 5.88 Å². The van der Waals surface area contributed by atoms with Gasteiger partial charge in [-0.15, -0.1) is 0 Å². The molecule has 1 N–H and O–H groups in total. The number of fused-ring (bicyclic) bond motifs is 3. The maximum Gasteiger partial charge on any atom is 0.221 e. The lowest BCUT2D eigenvalue weighted by Crippen LogP contribution is -2.17. The van der Waals surface area contributed by atoms with Crippen LogP contribution in [0, 0.1) is 4.77 Å². The highest BCUT2D eigenvalue weighted by Gasteiger charge is 2.28. The summed E-state index contributed by atoms with van der Waals surface area (Å²) in [7, 11) is 0. The van der Waals surface area contributed by atoms with Crippen LogP contribution in [0.2, 0.25) is 0 Å². The van der Waals surface area contributed by atoms with Crippen molar-refractivity contribution < 1.29 is 4.74 Å². The summed E-state index contributed by atoms with van der Waals surface area (Å²) in [5.41, 5.74) is 3.33. The lowest BCUT2D eigenvalue weighted by molar-refractivity contribution is 0.267. The molecule has 2 heterocycles. The summed E-state index contributed by atoms with van der Waals surface area (Å²) in [5.74, 6) is 0.853. The van der Waals surface area contributed by atoms with Crippen LogP contribution in [0.5, 0.6) is 5.88 Å². The van der Waals surface area contributed by atoms with Crippen LogP contribution in [0.3, 0.4) is 0 Å². The maximum atomic E-state index is 5.89. The van der Waals surface area contributed by atoms with Gasteiger partial charge in [0.05, 0.1) is 11.4 Å². The van der Waals surface area contributed by atoms with Gasteiger partial charge >= 0.3 is 0 Å². The molecule has 2 aromatic rings. The van der Waals surface area contributed by atoms with Crippen molar-refractivity contribution >= 4 is 12.2 Å². The number of nitrogens with one attached hydrogen (secondary N) is 1. The van der Waals surface area contributed by atoms with Gasteiger partial charge in [0, 0.05) is 11.0 Å². The summed E-state index contributed by atoms with van der Waals surface area (Å²) in [4.78, 5) is 3.29. The smallest absolute Gasteiger partial charge is 0.221 e. The van der Waals surface area contributed by atoms with Crippen molar-refractivity contribution in [1.29, 1.82) is 0 Å². The van der Waals surface area contributed by atoms with E-state index in [4.69, 9.17) is 17.0 Å². The fourth-order valence-corrected chi connectivity index (χ4v) is 2.56. The lowest BCUT2D eigenvalue weighted by Gasteiger charge is -2.24. The Labute approximate surface area is 111 Å². The van der Waals surface area contributed by atoms with E-state index in [-0.39, 0.29) is 5.41 Å². The Kier molecular flexibility index (Phi) is 2.38. The van der Waals surface area contributed by atoms with E-state index >= 15 is 0 Å². The van der Waals surface area contributed by atoms with Crippen molar-refractivity contribution in [2.24, 2.45) is 0 Å². The standard InChI is InChI=1S/C14H16N2OS/c1-14(2,3)11-12-16(13(18)15-11)10-7-5-4-6-9(10)8-17-12/h4-7H,8H2,1-3H3,(H,15,18). The van der Waals surface area contributed by atoms with Gasteiger partial charge in [-0.2, -0.15) is 0 Å². The molecule has 0 bridgehead atoms. The molecule has 0 saturated heterocycles. The molecular formula is C14H16N2OS. The molecule has 4 heteroatoms. The predicted octanol–water partition coefficient (Wildman–Crippen LogP) is 3.72. The maximum absolute atomic E-state index is 5.89. The van der Waals surface area contributed by atoms with Crippen LogP contribution in [-0.2, 0) is 12.0 Å². The van der Waals surface area contributed by atoms with Gasteiger partial charge in [0.1, 0.15) is 6.61 Å². The summed E-state index contributed by atoms with van der Waals surface area (Å²) in [6.07, 6.45) is 0. The van der Waals surface area contributed by atoms with E-state index in [1.54, 1.807) is 0 Å². The minimum atomic E-state index is -0.0135. The Hall–Kier alpha value is -1.55. The molecule has 3 nitrogen and oxygen atoms in total. The third-order valence-electron chi connectivity index (χ3n) is 3.20. The molecular weight excluding hydrogens is 244 g/mol. The molecule has 18 heavy (non-hydrogen) atoms. The number of hydrogen-bond acceptors (Lipinski definition) is 2. The molecule has 0 spiro atoms. The topological polar surface area (TPSA) is 29.9 Å². The fourth-order valence-electron chi connectivity index (χ4n) is 2.28. The van der Waals surface area contributed by atoms with Gasteiger partial charge in [0.25, 0.3) is 0 Å². The van der Waals surface area contributed by atoms with E-state index in [1.165, 1.54) is 5.56 Å². The summed E-state index contributed by atoms with van der Waals surface area (Å²) in [5, 5.41) is 0. The summed E-state index contributed by atoms with van der Waals surface area (Å²) < 4.78 is 8.58. The average molecular weight is 260 g/mol. The van der Waals surface area contributed by atoms with Crippen LogP contribution < -0.4 is 4.74 Å². The second kappa shape index (κ2) is 3.72. The van der Waals surface area contributed by atoms with Crippen molar-refractivity contribution in [3.05, 3.63) is 40.3 Å². The Morgan fingerprint density at radius 2 is 2.00 bits per heavy atom. The molecule has 94 valence electrons. The minimum absolute atomic E-state index is 0.0135. The van der Waals surface area contributed by atoms with Crippen LogP contribution in [0.4, 0.5) is 0 Å². The molecule has 0 atom stereocenters. The largest absolute Gasteiger partial charge is 0.472 e. The Morgan fingerprint density at radius 1 is 1.28 bits per heavy atom. The molecule has 0 unspecified atom stereocenters. The molecule has 0 fully saturated rings. The van der Waals surface area contributed by atoms with E-state index in [1.807, 2.05) is 16.7 Å². The molecule has 1 aromatic heterocycles. The van der Waals surface area contributed by atoms with Crippen LogP contribution in [0.1, 0.15) is 32.0 Å². The van der Waals surface area contributed by atoms with E-state index in [2.05, 4.69) is 37.9 Å². The average Bonchev–Trinajstić information content (AvgIpc) is 2.67. The summed E-state index contributed by atoms with van der Waals surface area (Å²) in [6.45, 7) is 7.06. The van der Waals surface area contributed by atoms with Crippen LogP contribution in [0.15, 0.2) is 24.3 Å². The van der Waals surface area contributed by atoms with Gasteiger partial charge in [-0.05, 0) is 18.3 Å². The van der Waals surface area contributed by atoms with Crippen molar-refractivity contribution in [1.82, 2.24) is 9.55 Å². The van der Waals surface area contributed by atoms with Crippen molar-refractivity contribution in [3.63, 3.8) is 0 Å². The number of nitrogens with zero attached hydrogens (tertiary/aromatic N) is 1. The van der Waals surface area contributed by atoms with Crippen LogP contribution >= 0.6 is 12.2 Å². The first-order chi connectivity index (χ1) is 8.48. The molecule has 3 rings (SSSR count). The highest BCUT2D eigenvalue weighted by atomic mass is 32.1.